The Morgan fingerprint density at radius 3 is 2.71 bits per heavy atom. The molecule has 0 radical (unpaired) electrons. The maximum Gasteiger partial charge on any atom is 0.106 e. The van der Waals surface area contributed by atoms with Crippen LogP contribution in [0.25, 0.3) is 0 Å². The minimum absolute atomic E-state index is 0.856. The Balaban J connectivity index is 0.000000791. The molecule has 0 aromatic carbocycles. The zero-order chi connectivity index (χ0) is 10.8. The number of ether oxygens (including phenoxy) is 1. The van der Waals surface area contributed by atoms with E-state index in [4.69, 9.17) is 4.74 Å². The van der Waals surface area contributed by atoms with Crippen LogP contribution < -0.4 is 0 Å². The van der Waals surface area contributed by atoms with Crippen LogP contribution in [0, 0.1) is 0 Å². The highest BCUT2D eigenvalue weighted by molar-refractivity contribution is 4.97. The summed E-state index contributed by atoms with van der Waals surface area (Å²) < 4.78 is 5.51. The van der Waals surface area contributed by atoms with Gasteiger partial charge in [0.05, 0.1) is 6.54 Å². The Kier molecular flexibility index (Phi) is 8.75. The van der Waals surface area contributed by atoms with Crippen LogP contribution >= 0.6 is 0 Å². The van der Waals surface area contributed by atoms with Crippen LogP contribution in [0.2, 0.25) is 0 Å². The van der Waals surface area contributed by atoms with E-state index >= 15 is 0 Å². The zero-order valence-corrected chi connectivity index (χ0v) is 10.2. The third kappa shape index (κ3) is 6.03. The molecule has 1 saturated heterocycles. The minimum atomic E-state index is 0.856. The normalized spacial score (nSPS) is 19.9. The second-order valence-corrected chi connectivity index (χ2v) is 3.40. The average Bonchev–Trinajstić information content (AvgIpc) is 2.21. The largest absolute Gasteiger partial charge is 0.496 e. The first-order valence-electron chi connectivity index (χ1n) is 5.83. The summed E-state index contributed by atoms with van der Waals surface area (Å²) in [6.07, 6.45) is 5.94. The molecule has 0 aromatic rings. The lowest BCUT2D eigenvalue weighted by molar-refractivity contribution is 0.109. The van der Waals surface area contributed by atoms with Crippen LogP contribution in [-0.4, -0.2) is 31.6 Å². The molecule has 0 spiro atoms. The van der Waals surface area contributed by atoms with Crippen molar-refractivity contribution in [2.45, 2.75) is 40.0 Å². The lowest BCUT2D eigenvalue weighted by atomic mass is 10.2. The van der Waals surface area contributed by atoms with E-state index in [1.807, 2.05) is 13.8 Å². The molecule has 0 bridgehead atoms. The molecule has 0 atom stereocenters. The molecule has 1 aliphatic rings. The number of morpholine rings is 1. The Labute approximate surface area is 88.9 Å². The van der Waals surface area contributed by atoms with E-state index in [1.165, 1.54) is 19.3 Å². The molecule has 0 aliphatic carbocycles. The van der Waals surface area contributed by atoms with E-state index in [-0.39, 0.29) is 0 Å². The van der Waals surface area contributed by atoms with Crippen molar-refractivity contribution < 1.29 is 4.74 Å². The summed E-state index contributed by atoms with van der Waals surface area (Å²) in [7, 11) is 2.14. The van der Waals surface area contributed by atoms with Gasteiger partial charge in [-0.05, 0) is 26.0 Å². The lowest BCUT2D eigenvalue weighted by Gasteiger charge is -2.25. The third-order valence-electron chi connectivity index (χ3n) is 2.12. The van der Waals surface area contributed by atoms with Gasteiger partial charge in [0.1, 0.15) is 12.4 Å². The molecular weight excluding hydrogens is 174 g/mol. The van der Waals surface area contributed by atoms with Gasteiger partial charge in [-0.2, -0.15) is 0 Å². The predicted molar refractivity (Wildman–Crippen MR) is 62.4 cm³/mol. The third-order valence-corrected chi connectivity index (χ3v) is 2.12. The van der Waals surface area contributed by atoms with Crippen molar-refractivity contribution in [2.24, 2.45) is 0 Å². The van der Waals surface area contributed by atoms with Gasteiger partial charge in [0.15, 0.2) is 0 Å². The number of rotatable bonds is 3. The Morgan fingerprint density at radius 2 is 2.14 bits per heavy atom. The molecule has 1 aliphatic heterocycles. The molecule has 0 aromatic heterocycles. The van der Waals surface area contributed by atoms with Crippen LogP contribution in [0.1, 0.15) is 40.0 Å². The molecule has 14 heavy (non-hydrogen) atoms. The number of nitrogens with zero attached hydrogens (tertiary/aromatic N) is 1. The number of allylic oxidation sites excluding steroid dienone is 1. The molecule has 1 fully saturated rings. The monoisotopic (exact) mass is 199 g/mol. The first kappa shape index (κ1) is 13.5. The van der Waals surface area contributed by atoms with E-state index in [2.05, 4.69) is 24.9 Å². The van der Waals surface area contributed by atoms with Crippen LogP contribution in [-0.2, 0) is 4.74 Å². The van der Waals surface area contributed by atoms with Crippen molar-refractivity contribution >= 4 is 0 Å². The molecule has 2 nitrogen and oxygen atoms in total. The zero-order valence-electron chi connectivity index (χ0n) is 10.2. The minimum Gasteiger partial charge on any atom is -0.496 e. The maximum absolute atomic E-state index is 5.51. The SMILES string of the molecule is CC.CCCCC=C1CN(C)CCO1. The van der Waals surface area contributed by atoms with E-state index < -0.39 is 0 Å². The van der Waals surface area contributed by atoms with E-state index in [0.717, 1.165) is 25.5 Å². The molecular formula is C12H25NO. The maximum atomic E-state index is 5.51. The summed E-state index contributed by atoms with van der Waals surface area (Å²) in [5.74, 6) is 1.16. The highest BCUT2D eigenvalue weighted by Crippen LogP contribution is 2.08. The number of likely N-dealkylation sites (N-methyl/N-ethyl adjacent to an activating group) is 1. The molecule has 2 heteroatoms. The van der Waals surface area contributed by atoms with Crippen molar-refractivity contribution in [2.75, 3.05) is 26.7 Å². The lowest BCUT2D eigenvalue weighted by Crippen LogP contribution is -2.31. The van der Waals surface area contributed by atoms with E-state index in [9.17, 15) is 0 Å². The van der Waals surface area contributed by atoms with Crippen molar-refractivity contribution in [1.82, 2.24) is 4.90 Å². The Hall–Kier alpha value is -0.500. The van der Waals surface area contributed by atoms with Crippen molar-refractivity contribution in [3.05, 3.63) is 11.8 Å². The predicted octanol–water partition coefficient (Wildman–Crippen LogP) is 3.05. The fourth-order valence-electron chi connectivity index (χ4n) is 1.31. The standard InChI is InChI=1S/C10H19NO.C2H6/c1-3-4-5-6-10-9-11(2)7-8-12-10;1-2/h6H,3-5,7-9H2,1-2H3;1-2H3. The summed E-state index contributed by atoms with van der Waals surface area (Å²) in [5, 5.41) is 0. The van der Waals surface area contributed by atoms with Gasteiger partial charge < -0.3 is 4.74 Å². The molecule has 0 N–H and O–H groups in total. The molecule has 84 valence electrons. The molecule has 1 rings (SSSR count). The fraction of sp³-hybridized carbons (Fsp3) is 0.833. The summed E-state index contributed by atoms with van der Waals surface area (Å²) in [5.41, 5.74) is 0. The van der Waals surface area contributed by atoms with Gasteiger partial charge in [0, 0.05) is 6.54 Å². The van der Waals surface area contributed by atoms with Gasteiger partial charge in [-0.3, -0.25) is 4.90 Å². The van der Waals surface area contributed by atoms with Crippen LogP contribution in [0.3, 0.4) is 0 Å². The van der Waals surface area contributed by atoms with E-state index in [0.29, 0.717) is 0 Å². The summed E-state index contributed by atoms with van der Waals surface area (Å²) in [6.45, 7) is 9.12. The van der Waals surface area contributed by atoms with Gasteiger partial charge in [-0.1, -0.05) is 27.2 Å². The Bertz CT molecular complexity index is 154. The van der Waals surface area contributed by atoms with Gasteiger partial charge in [-0.15, -0.1) is 0 Å². The number of unbranched alkanes of at least 4 members (excludes halogenated alkanes) is 2. The highest BCUT2D eigenvalue weighted by Gasteiger charge is 2.09. The quantitative estimate of drug-likeness (QED) is 0.648. The second-order valence-electron chi connectivity index (χ2n) is 3.40. The van der Waals surface area contributed by atoms with Crippen LogP contribution in [0.5, 0.6) is 0 Å². The van der Waals surface area contributed by atoms with Gasteiger partial charge in [-0.25, -0.2) is 0 Å². The summed E-state index contributed by atoms with van der Waals surface area (Å²) in [4.78, 5) is 2.29. The fourth-order valence-corrected chi connectivity index (χ4v) is 1.31. The molecule has 0 amide bonds. The molecule has 0 saturated carbocycles. The summed E-state index contributed by atoms with van der Waals surface area (Å²) >= 11 is 0. The number of hydrogen-bond donors (Lipinski definition) is 0. The average molecular weight is 199 g/mol. The molecule has 0 unspecified atom stereocenters. The van der Waals surface area contributed by atoms with Gasteiger partial charge in [0.2, 0.25) is 0 Å². The first-order chi connectivity index (χ1) is 6.83. The molecule has 1 heterocycles. The topological polar surface area (TPSA) is 12.5 Å². The van der Waals surface area contributed by atoms with Crippen LogP contribution in [0.15, 0.2) is 11.8 Å². The van der Waals surface area contributed by atoms with Gasteiger partial charge in [0.25, 0.3) is 0 Å². The first-order valence-corrected chi connectivity index (χ1v) is 5.83. The smallest absolute Gasteiger partial charge is 0.106 e. The van der Waals surface area contributed by atoms with Gasteiger partial charge >= 0.3 is 0 Å². The second kappa shape index (κ2) is 9.07. The number of hydrogen-bond acceptors (Lipinski definition) is 2. The van der Waals surface area contributed by atoms with Crippen molar-refractivity contribution in [1.29, 1.82) is 0 Å². The summed E-state index contributed by atoms with van der Waals surface area (Å²) in [6, 6.07) is 0. The van der Waals surface area contributed by atoms with Crippen LogP contribution in [0.4, 0.5) is 0 Å². The van der Waals surface area contributed by atoms with Crippen molar-refractivity contribution in [3.63, 3.8) is 0 Å². The Morgan fingerprint density at radius 1 is 1.43 bits per heavy atom. The van der Waals surface area contributed by atoms with Crippen molar-refractivity contribution in [3.8, 4) is 0 Å². The van der Waals surface area contributed by atoms with E-state index in [1.54, 1.807) is 0 Å². The highest BCUT2D eigenvalue weighted by atomic mass is 16.5.